The summed E-state index contributed by atoms with van der Waals surface area (Å²) in [5.74, 6) is -0.399. The van der Waals surface area contributed by atoms with Gasteiger partial charge in [-0.25, -0.2) is 4.39 Å². The number of halogens is 1. The number of rotatable bonds is 12. The molecule has 7 heteroatoms. The number of carbonyl (C=O) groups is 2. The molecule has 0 bridgehead atoms. The molecule has 188 valence electrons. The number of hydrogen-bond donors (Lipinski definition) is 2. The molecule has 3 rings (SSSR count). The predicted molar refractivity (Wildman–Crippen MR) is 136 cm³/mol. The third kappa shape index (κ3) is 6.62. The molecule has 2 aromatic carbocycles. The average molecular weight is 483 g/mol. The molecule has 0 saturated carbocycles. The lowest BCUT2D eigenvalue weighted by atomic mass is 9.91. The van der Waals surface area contributed by atoms with Crippen molar-refractivity contribution in [2.45, 2.75) is 58.9 Å². The summed E-state index contributed by atoms with van der Waals surface area (Å²) in [5.41, 5.74) is 2.92. The lowest BCUT2D eigenvalue weighted by molar-refractivity contribution is -0.137. The number of furan rings is 1. The molecule has 0 spiro atoms. The zero-order chi connectivity index (χ0) is 25.5. The molecule has 0 saturated heterocycles. The highest BCUT2D eigenvalue weighted by molar-refractivity contribution is 5.94. The Morgan fingerprint density at radius 1 is 1.14 bits per heavy atom. The molecular weight excluding hydrogens is 447 g/mol. The van der Waals surface area contributed by atoms with Crippen molar-refractivity contribution in [2.75, 3.05) is 18.9 Å². The molecule has 3 aromatic rings. The van der Waals surface area contributed by atoms with E-state index in [0.717, 1.165) is 48.1 Å². The number of carboxylic acids is 1. The van der Waals surface area contributed by atoms with E-state index in [-0.39, 0.29) is 36.6 Å². The maximum atomic E-state index is 13.9. The zero-order valence-corrected chi connectivity index (χ0v) is 20.9. The van der Waals surface area contributed by atoms with Crippen LogP contribution in [0.4, 0.5) is 10.1 Å². The molecule has 35 heavy (non-hydrogen) atoms. The van der Waals surface area contributed by atoms with Crippen molar-refractivity contribution in [3.05, 3.63) is 65.2 Å². The summed E-state index contributed by atoms with van der Waals surface area (Å²) in [5, 5.41) is 13.2. The lowest BCUT2D eigenvalue weighted by Crippen LogP contribution is -2.29. The fraction of sp³-hybridized carbons (Fsp3) is 0.429. The number of carboxylic acid groups (broad SMARTS) is 1. The highest BCUT2D eigenvalue weighted by Crippen LogP contribution is 2.37. The number of unbranched alkanes of at least 4 members (excludes halogenated alkanes) is 2. The summed E-state index contributed by atoms with van der Waals surface area (Å²) in [6.45, 7) is 6.48. The Balaban J connectivity index is 1.83. The van der Waals surface area contributed by atoms with Gasteiger partial charge in [-0.3, -0.25) is 9.59 Å². The monoisotopic (exact) mass is 482 g/mol. The zero-order valence-electron chi connectivity index (χ0n) is 20.9. The largest absolute Gasteiger partial charge is 0.481 e. The van der Waals surface area contributed by atoms with E-state index in [4.69, 9.17) is 9.52 Å². The molecule has 2 N–H and O–H groups in total. The average Bonchev–Trinajstić information content (AvgIpc) is 3.16. The van der Waals surface area contributed by atoms with Crippen molar-refractivity contribution in [2.24, 2.45) is 5.92 Å². The molecule has 2 unspecified atom stereocenters. The van der Waals surface area contributed by atoms with Crippen LogP contribution in [0.1, 0.15) is 73.7 Å². The first kappa shape index (κ1) is 26.3. The van der Waals surface area contributed by atoms with Crippen LogP contribution in [-0.2, 0) is 4.79 Å². The van der Waals surface area contributed by atoms with Crippen LogP contribution in [0.2, 0.25) is 0 Å². The van der Waals surface area contributed by atoms with E-state index in [1.54, 1.807) is 25.2 Å². The number of aryl methyl sites for hydroxylation is 1. The molecule has 0 fully saturated rings. The van der Waals surface area contributed by atoms with E-state index < -0.39 is 5.97 Å². The van der Waals surface area contributed by atoms with Gasteiger partial charge in [0.25, 0.3) is 5.91 Å². The first-order valence-electron chi connectivity index (χ1n) is 12.2. The minimum atomic E-state index is -0.938. The van der Waals surface area contributed by atoms with Crippen molar-refractivity contribution in [1.82, 2.24) is 4.90 Å². The molecule has 1 heterocycles. The van der Waals surface area contributed by atoms with Crippen molar-refractivity contribution >= 4 is 28.5 Å². The summed E-state index contributed by atoms with van der Waals surface area (Å²) in [6, 6.07) is 11.6. The van der Waals surface area contributed by atoms with Gasteiger partial charge in [-0.15, -0.1) is 0 Å². The van der Waals surface area contributed by atoms with Gasteiger partial charge in [0.15, 0.2) is 0 Å². The van der Waals surface area contributed by atoms with E-state index in [1.807, 2.05) is 19.1 Å². The van der Waals surface area contributed by atoms with Gasteiger partial charge in [-0.1, -0.05) is 33.1 Å². The number of nitrogens with zero attached hydrogens (tertiary/aromatic N) is 1. The number of fused-ring (bicyclic) bond motifs is 1. The number of amides is 1. The van der Waals surface area contributed by atoms with Gasteiger partial charge in [-0.05, 0) is 61.7 Å². The van der Waals surface area contributed by atoms with Crippen molar-refractivity contribution < 1.29 is 23.5 Å². The second-order valence-corrected chi connectivity index (χ2v) is 9.27. The lowest BCUT2D eigenvalue weighted by Gasteiger charge is -2.25. The number of carbonyl (C=O) groups excluding carboxylic acids is 1. The second-order valence-electron chi connectivity index (χ2n) is 9.27. The normalized spacial score (nSPS) is 12.9. The molecule has 0 aliphatic heterocycles. The summed E-state index contributed by atoms with van der Waals surface area (Å²) >= 11 is 0. The van der Waals surface area contributed by atoms with E-state index in [9.17, 15) is 14.0 Å². The quantitative estimate of drug-likeness (QED) is 0.278. The van der Waals surface area contributed by atoms with Crippen LogP contribution in [-0.4, -0.2) is 35.5 Å². The fourth-order valence-electron chi connectivity index (χ4n) is 4.33. The van der Waals surface area contributed by atoms with Gasteiger partial charge in [0.1, 0.15) is 17.2 Å². The third-order valence-corrected chi connectivity index (χ3v) is 6.51. The highest BCUT2D eigenvalue weighted by atomic mass is 19.1. The highest BCUT2D eigenvalue weighted by Gasteiger charge is 2.26. The van der Waals surface area contributed by atoms with Gasteiger partial charge in [0, 0.05) is 35.8 Å². The van der Waals surface area contributed by atoms with Crippen LogP contribution in [0.15, 0.2) is 46.9 Å². The number of anilines is 1. The summed E-state index contributed by atoms with van der Waals surface area (Å²) in [7, 11) is 1.60. The standard InChI is InChI=1S/C28H35FN2O4/c1-5-6-7-8-18(2)26(27-19(3)23-17-21(29)11-14-24(23)35-27)30-22-12-9-20(10-13-22)28(34)31(4)16-15-25(32)33/h9-14,17-18,26,30H,5-8,15-16H2,1-4H3,(H,32,33). The SMILES string of the molecule is CCCCCC(C)C(Nc1ccc(C(=O)N(C)CCC(=O)O)cc1)c1oc2ccc(F)cc2c1C. The number of nitrogens with one attached hydrogen (secondary N) is 1. The fourth-order valence-corrected chi connectivity index (χ4v) is 4.33. The van der Waals surface area contributed by atoms with Crippen LogP contribution in [0.25, 0.3) is 11.0 Å². The Hall–Kier alpha value is -3.35. The maximum Gasteiger partial charge on any atom is 0.305 e. The van der Waals surface area contributed by atoms with Gasteiger partial charge >= 0.3 is 5.97 Å². The van der Waals surface area contributed by atoms with E-state index in [0.29, 0.717) is 11.1 Å². The van der Waals surface area contributed by atoms with Crippen LogP contribution >= 0.6 is 0 Å². The first-order chi connectivity index (χ1) is 16.7. The van der Waals surface area contributed by atoms with Crippen molar-refractivity contribution in [1.29, 1.82) is 0 Å². The molecular formula is C28H35FN2O4. The van der Waals surface area contributed by atoms with Crippen LogP contribution in [0.5, 0.6) is 0 Å². The van der Waals surface area contributed by atoms with Gasteiger partial charge in [-0.2, -0.15) is 0 Å². The van der Waals surface area contributed by atoms with Crippen LogP contribution in [0.3, 0.4) is 0 Å². The molecule has 6 nitrogen and oxygen atoms in total. The summed E-state index contributed by atoms with van der Waals surface area (Å²) < 4.78 is 20.1. The second kappa shape index (κ2) is 11.9. The van der Waals surface area contributed by atoms with Crippen molar-refractivity contribution in [3.8, 4) is 0 Å². The summed E-state index contributed by atoms with van der Waals surface area (Å²) in [6.07, 6.45) is 4.33. The Kier molecular flexibility index (Phi) is 8.90. The maximum absolute atomic E-state index is 13.9. The van der Waals surface area contributed by atoms with Crippen LogP contribution in [0, 0.1) is 18.7 Å². The van der Waals surface area contributed by atoms with Gasteiger partial charge in [0.2, 0.25) is 0 Å². The van der Waals surface area contributed by atoms with Crippen LogP contribution < -0.4 is 5.32 Å². The van der Waals surface area contributed by atoms with Gasteiger partial charge in [0.05, 0.1) is 12.5 Å². The van der Waals surface area contributed by atoms with E-state index in [1.165, 1.54) is 17.0 Å². The van der Waals surface area contributed by atoms with E-state index >= 15 is 0 Å². The smallest absolute Gasteiger partial charge is 0.305 e. The molecule has 0 aliphatic carbocycles. The molecule has 2 atom stereocenters. The topological polar surface area (TPSA) is 82.8 Å². The number of aliphatic carboxylic acids is 1. The number of hydrogen-bond acceptors (Lipinski definition) is 4. The van der Waals surface area contributed by atoms with E-state index in [2.05, 4.69) is 19.2 Å². The minimum Gasteiger partial charge on any atom is -0.481 e. The third-order valence-electron chi connectivity index (χ3n) is 6.51. The Labute approximate surface area is 206 Å². The minimum absolute atomic E-state index is 0.0970. The molecule has 1 aromatic heterocycles. The predicted octanol–water partition coefficient (Wildman–Crippen LogP) is 6.80. The number of benzene rings is 2. The Bertz CT molecular complexity index is 1160. The molecule has 0 radical (unpaired) electrons. The van der Waals surface area contributed by atoms with Gasteiger partial charge < -0.3 is 19.7 Å². The first-order valence-corrected chi connectivity index (χ1v) is 12.2. The molecule has 1 amide bonds. The summed E-state index contributed by atoms with van der Waals surface area (Å²) in [4.78, 5) is 24.8. The van der Waals surface area contributed by atoms with Crippen molar-refractivity contribution in [3.63, 3.8) is 0 Å². The Morgan fingerprint density at radius 2 is 1.86 bits per heavy atom. The Morgan fingerprint density at radius 3 is 2.51 bits per heavy atom. The molecule has 0 aliphatic rings.